The van der Waals surface area contributed by atoms with E-state index in [1.165, 1.54) is 5.56 Å². The molecule has 0 radical (unpaired) electrons. The van der Waals surface area contributed by atoms with Crippen molar-refractivity contribution in [1.29, 1.82) is 0 Å². The minimum atomic E-state index is 0.136. The molecule has 0 spiro atoms. The molecule has 4 heteroatoms. The van der Waals surface area contributed by atoms with E-state index in [-0.39, 0.29) is 5.54 Å². The van der Waals surface area contributed by atoms with E-state index < -0.39 is 0 Å². The van der Waals surface area contributed by atoms with Crippen LogP contribution in [0.1, 0.15) is 24.6 Å². The van der Waals surface area contributed by atoms with E-state index in [4.69, 9.17) is 4.74 Å². The largest absolute Gasteiger partial charge is 0.379 e. The number of nitrogens with one attached hydrogen (secondary N) is 2. The second-order valence-electron chi connectivity index (χ2n) is 4.25. The van der Waals surface area contributed by atoms with Crippen molar-refractivity contribution in [1.82, 2.24) is 15.5 Å². The first-order chi connectivity index (χ1) is 6.70. The Bertz CT molecular complexity index is 302. The van der Waals surface area contributed by atoms with Gasteiger partial charge in [0.15, 0.2) is 0 Å². The molecule has 1 aromatic rings. The van der Waals surface area contributed by atoms with Gasteiger partial charge in [0.2, 0.25) is 0 Å². The van der Waals surface area contributed by atoms with E-state index in [1.54, 1.807) is 0 Å². The molecule has 1 atom stereocenters. The molecular formula is C10H17N3O. The summed E-state index contributed by atoms with van der Waals surface area (Å²) in [6, 6.07) is 0. The number of ether oxygens (including phenoxy) is 1. The summed E-state index contributed by atoms with van der Waals surface area (Å²) in [7, 11) is 0. The van der Waals surface area contributed by atoms with E-state index >= 15 is 0 Å². The Kier molecular flexibility index (Phi) is 2.56. The lowest BCUT2D eigenvalue weighted by atomic mass is 10.0. The molecule has 2 rings (SSSR count). The third-order valence-corrected chi connectivity index (χ3v) is 2.84. The van der Waals surface area contributed by atoms with Gasteiger partial charge in [-0.15, -0.1) is 0 Å². The van der Waals surface area contributed by atoms with Gasteiger partial charge in [-0.1, -0.05) is 0 Å². The van der Waals surface area contributed by atoms with Crippen molar-refractivity contribution in [2.24, 2.45) is 0 Å². The molecule has 1 aromatic heterocycles. The Labute approximate surface area is 84.0 Å². The number of rotatable bonds is 3. The fraction of sp³-hybridized carbons (Fsp3) is 0.700. The minimum absolute atomic E-state index is 0.136. The Balaban J connectivity index is 1.91. The molecule has 0 amide bonds. The quantitative estimate of drug-likeness (QED) is 0.756. The molecule has 1 aliphatic rings. The molecule has 1 aliphatic heterocycles. The van der Waals surface area contributed by atoms with Crippen LogP contribution in [0.15, 0.2) is 6.20 Å². The van der Waals surface area contributed by atoms with Crippen LogP contribution in [0.3, 0.4) is 0 Å². The summed E-state index contributed by atoms with van der Waals surface area (Å²) in [5, 5.41) is 10.5. The number of H-pyrrole nitrogens is 1. The van der Waals surface area contributed by atoms with Gasteiger partial charge in [0.05, 0.1) is 18.5 Å². The smallest absolute Gasteiger partial charge is 0.0646 e. The fourth-order valence-corrected chi connectivity index (χ4v) is 1.66. The van der Waals surface area contributed by atoms with Crippen molar-refractivity contribution in [3.8, 4) is 0 Å². The van der Waals surface area contributed by atoms with Crippen molar-refractivity contribution < 1.29 is 4.74 Å². The van der Waals surface area contributed by atoms with Gasteiger partial charge in [0.1, 0.15) is 0 Å². The molecule has 14 heavy (non-hydrogen) atoms. The molecule has 0 bridgehead atoms. The highest BCUT2D eigenvalue weighted by molar-refractivity contribution is 5.13. The van der Waals surface area contributed by atoms with E-state index in [9.17, 15) is 0 Å². The third-order valence-electron chi connectivity index (χ3n) is 2.84. The highest BCUT2D eigenvalue weighted by Gasteiger charge is 2.28. The van der Waals surface area contributed by atoms with Crippen LogP contribution in [-0.4, -0.2) is 29.0 Å². The lowest BCUT2D eigenvalue weighted by molar-refractivity contribution is 0.171. The van der Waals surface area contributed by atoms with Crippen LogP contribution in [0.2, 0.25) is 0 Å². The number of nitrogens with zero attached hydrogens (tertiary/aromatic N) is 1. The van der Waals surface area contributed by atoms with Gasteiger partial charge in [-0.05, 0) is 25.8 Å². The predicted octanol–water partition coefficient (Wildman–Crippen LogP) is 0.987. The second kappa shape index (κ2) is 3.71. The summed E-state index contributed by atoms with van der Waals surface area (Å²) < 4.78 is 5.37. The zero-order valence-corrected chi connectivity index (χ0v) is 8.76. The van der Waals surface area contributed by atoms with Gasteiger partial charge in [0.25, 0.3) is 0 Å². The van der Waals surface area contributed by atoms with Gasteiger partial charge >= 0.3 is 0 Å². The molecule has 2 heterocycles. The lowest BCUT2D eigenvalue weighted by Gasteiger charge is -2.23. The molecule has 2 N–H and O–H groups in total. The lowest BCUT2D eigenvalue weighted by Crippen LogP contribution is -2.42. The van der Waals surface area contributed by atoms with E-state index in [1.807, 2.05) is 6.20 Å². The average molecular weight is 195 g/mol. The van der Waals surface area contributed by atoms with Crippen LogP contribution in [0.5, 0.6) is 0 Å². The monoisotopic (exact) mass is 195 g/mol. The maximum atomic E-state index is 5.37. The first-order valence-corrected chi connectivity index (χ1v) is 5.01. The topological polar surface area (TPSA) is 49.9 Å². The van der Waals surface area contributed by atoms with Crippen LogP contribution in [0.25, 0.3) is 0 Å². The van der Waals surface area contributed by atoms with Crippen LogP contribution in [0, 0.1) is 6.92 Å². The van der Waals surface area contributed by atoms with Crippen LogP contribution < -0.4 is 5.32 Å². The molecule has 0 saturated carbocycles. The predicted molar refractivity (Wildman–Crippen MR) is 54.0 cm³/mol. The van der Waals surface area contributed by atoms with Crippen molar-refractivity contribution in [2.75, 3.05) is 13.2 Å². The van der Waals surface area contributed by atoms with Gasteiger partial charge in [-0.3, -0.25) is 5.10 Å². The van der Waals surface area contributed by atoms with E-state index in [0.29, 0.717) is 0 Å². The minimum Gasteiger partial charge on any atom is -0.379 e. The molecule has 0 aromatic carbocycles. The third kappa shape index (κ3) is 1.96. The Morgan fingerprint density at radius 2 is 2.57 bits per heavy atom. The van der Waals surface area contributed by atoms with Crippen LogP contribution >= 0.6 is 0 Å². The van der Waals surface area contributed by atoms with E-state index in [0.717, 1.165) is 31.9 Å². The summed E-state index contributed by atoms with van der Waals surface area (Å²) in [5.74, 6) is 0. The molecule has 0 aliphatic carbocycles. The number of aromatic amines is 1. The Hall–Kier alpha value is -0.870. The van der Waals surface area contributed by atoms with Gasteiger partial charge in [0, 0.05) is 18.7 Å². The number of aryl methyl sites for hydroxylation is 1. The second-order valence-corrected chi connectivity index (χ2v) is 4.25. The summed E-state index contributed by atoms with van der Waals surface area (Å²) in [4.78, 5) is 0. The van der Waals surface area contributed by atoms with Crippen molar-refractivity contribution >= 4 is 0 Å². The number of aromatic nitrogens is 2. The maximum absolute atomic E-state index is 5.37. The summed E-state index contributed by atoms with van der Waals surface area (Å²) in [6.45, 7) is 6.77. The molecule has 1 fully saturated rings. The van der Waals surface area contributed by atoms with Crippen LogP contribution in [-0.2, 0) is 11.3 Å². The molecule has 78 valence electrons. The molecule has 1 saturated heterocycles. The molecule has 1 unspecified atom stereocenters. The zero-order chi connectivity index (χ0) is 10.0. The van der Waals surface area contributed by atoms with Gasteiger partial charge in [-0.2, -0.15) is 5.10 Å². The molecule has 4 nitrogen and oxygen atoms in total. The SMILES string of the molecule is Cc1cn[nH]c1CNC1(C)CCOC1. The number of hydrogen-bond acceptors (Lipinski definition) is 3. The molecular weight excluding hydrogens is 178 g/mol. The number of hydrogen-bond donors (Lipinski definition) is 2. The fourth-order valence-electron chi connectivity index (χ4n) is 1.66. The normalized spacial score (nSPS) is 27.0. The summed E-state index contributed by atoms with van der Waals surface area (Å²) in [6.07, 6.45) is 2.94. The maximum Gasteiger partial charge on any atom is 0.0646 e. The zero-order valence-electron chi connectivity index (χ0n) is 8.76. The summed E-state index contributed by atoms with van der Waals surface area (Å²) >= 11 is 0. The van der Waals surface area contributed by atoms with Crippen molar-refractivity contribution in [2.45, 2.75) is 32.4 Å². The first kappa shape index (κ1) is 9.68. The van der Waals surface area contributed by atoms with Crippen LogP contribution in [0.4, 0.5) is 0 Å². The Morgan fingerprint density at radius 3 is 3.14 bits per heavy atom. The highest BCUT2D eigenvalue weighted by Crippen LogP contribution is 2.18. The van der Waals surface area contributed by atoms with Crippen molar-refractivity contribution in [3.05, 3.63) is 17.5 Å². The van der Waals surface area contributed by atoms with Gasteiger partial charge in [-0.25, -0.2) is 0 Å². The average Bonchev–Trinajstić information content (AvgIpc) is 2.73. The highest BCUT2D eigenvalue weighted by atomic mass is 16.5. The van der Waals surface area contributed by atoms with Gasteiger partial charge < -0.3 is 10.1 Å². The van der Waals surface area contributed by atoms with Crippen molar-refractivity contribution in [3.63, 3.8) is 0 Å². The van der Waals surface area contributed by atoms with E-state index in [2.05, 4.69) is 29.4 Å². The standard InChI is InChI=1S/C10H17N3O/c1-8-5-12-13-9(8)6-11-10(2)3-4-14-7-10/h5,11H,3-4,6-7H2,1-2H3,(H,12,13). The Morgan fingerprint density at radius 1 is 1.71 bits per heavy atom. The summed E-state index contributed by atoms with van der Waals surface area (Å²) in [5.41, 5.74) is 2.51. The first-order valence-electron chi connectivity index (χ1n) is 5.01.